The van der Waals surface area contributed by atoms with Crippen LogP contribution in [0, 0.1) is 12.3 Å². The summed E-state index contributed by atoms with van der Waals surface area (Å²) in [6, 6.07) is 0. The number of halogens is 1. The van der Waals surface area contributed by atoms with Crippen LogP contribution in [0.4, 0.5) is 0 Å². The zero-order chi connectivity index (χ0) is 4.83. The molecular formula is C5H5Br. The fourth-order valence-electron chi connectivity index (χ4n) is 0.113. The van der Waals surface area contributed by atoms with Crippen molar-refractivity contribution in [1.29, 1.82) is 0 Å². The van der Waals surface area contributed by atoms with E-state index >= 15 is 0 Å². The first kappa shape index (κ1) is 5.78. The summed E-state index contributed by atoms with van der Waals surface area (Å²) in [6.07, 6.45) is 8.38. The van der Waals surface area contributed by atoms with Crippen molar-refractivity contribution in [2.75, 3.05) is 5.33 Å². The zero-order valence-corrected chi connectivity index (χ0v) is 4.90. The quantitative estimate of drug-likeness (QED) is 0.388. The van der Waals surface area contributed by atoms with Gasteiger partial charge in [0.25, 0.3) is 0 Å². The highest BCUT2D eigenvalue weighted by Crippen LogP contribution is 1.78. The van der Waals surface area contributed by atoms with Gasteiger partial charge in [0.2, 0.25) is 0 Å². The molecule has 0 bridgehead atoms. The molecule has 0 nitrogen and oxygen atoms in total. The molecule has 0 saturated carbocycles. The third-order valence-electron chi connectivity index (χ3n) is 0.303. The SMILES string of the molecule is C#C/C=C/CBr. The van der Waals surface area contributed by atoms with Crippen molar-refractivity contribution in [1.82, 2.24) is 0 Å². The Labute approximate surface area is 46.4 Å². The molecule has 0 aliphatic carbocycles. The van der Waals surface area contributed by atoms with Crippen LogP contribution in [-0.2, 0) is 0 Å². The third-order valence-corrected chi connectivity index (χ3v) is 0.677. The minimum atomic E-state index is 0.844. The number of rotatable bonds is 1. The van der Waals surface area contributed by atoms with Gasteiger partial charge >= 0.3 is 0 Å². The highest BCUT2D eigenvalue weighted by Gasteiger charge is 1.57. The van der Waals surface area contributed by atoms with Crippen LogP contribution in [0.3, 0.4) is 0 Å². The number of alkyl halides is 1. The van der Waals surface area contributed by atoms with E-state index in [0.29, 0.717) is 0 Å². The summed E-state index contributed by atoms with van der Waals surface area (Å²) in [5.74, 6) is 2.36. The molecule has 0 fully saturated rings. The Kier molecular flexibility index (Phi) is 4.60. The molecule has 0 atom stereocenters. The molecule has 32 valence electrons. The maximum atomic E-state index is 4.86. The Bertz CT molecular complexity index is 76.4. The normalized spacial score (nSPS) is 8.67. The second-order valence-electron chi connectivity index (χ2n) is 0.723. The second-order valence-corrected chi connectivity index (χ2v) is 1.37. The van der Waals surface area contributed by atoms with Crippen molar-refractivity contribution >= 4 is 15.9 Å². The number of hydrogen-bond donors (Lipinski definition) is 0. The van der Waals surface area contributed by atoms with Crippen molar-refractivity contribution in [3.05, 3.63) is 12.2 Å². The van der Waals surface area contributed by atoms with Crippen LogP contribution in [0.1, 0.15) is 0 Å². The van der Waals surface area contributed by atoms with Crippen molar-refractivity contribution < 1.29 is 0 Å². The second kappa shape index (κ2) is 4.78. The summed E-state index contributed by atoms with van der Waals surface area (Å²) in [5.41, 5.74) is 0. The maximum Gasteiger partial charge on any atom is 0.0221 e. The summed E-state index contributed by atoms with van der Waals surface area (Å²) in [5, 5.41) is 0.844. The third kappa shape index (κ3) is 3.78. The zero-order valence-electron chi connectivity index (χ0n) is 3.32. The lowest BCUT2D eigenvalue weighted by Crippen LogP contribution is -1.52. The molecular weight excluding hydrogens is 140 g/mol. The van der Waals surface area contributed by atoms with Crippen LogP contribution in [-0.4, -0.2) is 5.33 Å². The van der Waals surface area contributed by atoms with E-state index in [2.05, 4.69) is 21.9 Å². The van der Waals surface area contributed by atoms with Gasteiger partial charge < -0.3 is 0 Å². The van der Waals surface area contributed by atoms with Crippen molar-refractivity contribution in [2.45, 2.75) is 0 Å². The Morgan fingerprint density at radius 3 is 2.67 bits per heavy atom. The van der Waals surface area contributed by atoms with Crippen LogP contribution in [0.2, 0.25) is 0 Å². The van der Waals surface area contributed by atoms with Gasteiger partial charge in [-0.05, 0) is 6.08 Å². The highest BCUT2D eigenvalue weighted by molar-refractivity contribution is 9.09. The monoisotopic (exact) mass is 144 g/mol. The van der Waals surface area contributed by atoms with E-state index in [1.807, 2.05) is 6.08 Å². The Morgan fingerprint density at radius 2 is 2.50 bits per heavy atom. The average molecular weight is 145 g/mol. The Balaban J connectivity index is 3.02. The summed E-state index contributed by atoms with van der Waals surface area (Å²) in [7, 11) is 0. The summed E-state index contributed by atoms with van der Waals surface area (Å²) in [6.45, 7) is 0. The molecule has 0 aliphatic rings. The summed E-state index contributed by atoms with van der Waals surface area (Å²) >= 11 is 3.17. The lowest BCUT2D eigenvalue weighted by Gasteiger charge is -1.63. The molecule has 0 aromatic carbocycles. The fourth-order valence-corrected chi connectivity index (χ4v) is 0.299. The van der Waals surface area contributed by atoms with Crippen LogP contribution < -0.4 is 0 Å². The first-order valence-electron chi connectivity index (χ1n) is 1.59. The molecule has 0 unspecified atom stereocenters. The molecule has 0 aromatic rings. The lowest BCUT2D eigenvalue weighted by molar-refractivity contribution is 1.82. The van der Waals surface area contributed by atoms with E-state index in [1.165, 1.54) is 0 Å². The van der Waals surface area contributed by atoms with E-state index in [0.717, 1.165) is 5.33 Å². The van der Waals surface area contributed by atoms with Gasteiger partial charge in [-0.25, -0.2) is 0 Å². The van der Waals surface area contributed by atoms with Crippen LogP contribution in [0.15, 0.2) is 12.2 Å². The Hall–Kier alpha value is -0.220. The van der Waals surface area contributed by atoms with Crippen molar-refractivity contribution in [2.24, 2.45) is 0 Å². The molecule has 0 heterocycles. The van der Waals surface area contributed by atoms with E-state index < -0.39 is 0 Å². The average Bonchev–Trinajstić information content (AvgIpc) is 1.61. The van der Waals surface area contributed by atoms with E-state index in [9.17, 15) is 0 Å². The first-order chi connectivity index (χ1) is 2.91. The van der Waals surface area contributed by atoms with E-state index in [1.54, 1.807) is 6.08 Å². The molecule has 0 radical (unpaired) electrons. The van der Waals surface area contributed by atoms with Gasteiger partial charge in [-0.1, -0.05) is 27.9 Å². The number of terminal acetylenes is 1. The van der Waals surface area contributed by atoms with Gasteiger partial charge in [0.15, 0.2) is 0 Å². The van der Waals surface area contributed by atoms with Gasteiger partial charge in [-0.15, -0.1) is 6.42 Å². The van der Waals surface area contributed by atoms with E-state index in [4.69, 9.17) is 6.42 Å². The Morgan fingerprint density at radius 1 is 1.83 bits per heavy atom. The standard InChI is InChI=1S/C5H5Br/c1-2-3-4-5-6/h1,3-4H,5H2/b4-3+. The van der Waals surface area contributed by atoms with Gasteiger partial charge in [0.05, 0.1) is 0 Å². The summed E-state index contributed by atoms with van der Waals surface area (Å²) in [4.78, 5) is 0. The fraction of sp³-hybridized carbons (Fsp3) is 0.200. The van der Waals surface area contributed by atoms with E-state index in [-0.39, 0.29) is 0 Å². The molecule has 6 heavy (non-hydrogen) atoms. The van der Waals surface area contributed by atoms with Crippen molar-refractivity contribution in [3.63, 3.8) is 0 Å². The topological polar surface area (TPSA) is 0 Å². The molecule has 0 saturated heterocycles. The molecule has 0 aliphatic heterocycles. The number of allylic oxidation sites excluding steroid dienone is 2. The minimum absolute atomic E-state index is 0.844. The predicted molar refractivity (Wildman–Crippen MR) is 31.8 cm³/mol. The number of hydrogen-bond acceptors (Lipinski definition) is 0. The maximum absolute atomic E-state index is 4.86. The molecule has 0 amide bonds. The van der Waals surface area contributed by atoms with Gasteiger partial charge in [0.1, 0.15) is 0 Å². The van der Waals surface area contributed by atoms with Gasteiger partial charge in [-0.2, -0.15) is 0 Å². The summed E-state index contributed by atoms with van der Waals surface area (Å²) < 4.78 is 0. The van der Waals surface area contributed by atoms with Gasteiger partial charge in [0, 0.05) is 5.33 Å². The van der Waals surface area contributed by atoms with Crippen LogP contribution in [0.25, 0.3) is 0 Å². The van der Waals surface area contributed by atoms with Gasteiger partial charge in [-0.3, -0.25) is 0 Å². The van der Waals surface area contributed by atoms with Crippen molar-refractivity contribution in [3.8, 4) is 12.3 Å². The highest BCUT2D eigenvalue weighted by atomic mass is 79.9. The molecule has 1 heteroatoms. The van der Waals surface area contributed by atoms with Crippen LogP contribution in [0.5, 0.6) is 0 Å². The molecule has 0 rings (SSSR count). The lowest BCUT2D eigenvalue weighted by atomic mass is 10.6. The predicted octanol–water partition coefficient (Wildman–Crippen LogP) is 1.57. The molecule has 0 aromatic heterocycles. The molecule has 0 N–H and O–H groups in total. The van der Waals surface area contributed by atoms with Crippen LogP contribution >= 0.6 is 15.9 Å². The first-order valence-corrected chi connectivity index (χ1v) is 2.71. The minimum Gasteiger partial charge on any atom is -0.115 e. The molecule has 0 spiro atoms. The smallest absolute Gasteiger partial charge is 0.0221 e. The largest absolute Gasteiger partial charge is 0.115 e.